The van der Waals surface area contributed by atoms with E-state index in [0.717, 1.165) is 22.5 Å². The standard InChI is InChI=1S/C47H62N12O10/c1-5-57(29-48)43(49)35-10-7-11-38(53-35)58-28-33-32(45(58)63)26-39(56(4)30(2)3)54-36(33)27-50-15-16-52-40(60)14-18-66-20-22-68-24-25-69-23-21-67-19-17-51-34-9-6-8-31-42(34)47(65)59(46(31)64)37-12-13-41(61)55-44(37)62/h6-11,26,29-30,37,48-51H,5,12-25,27-28H2,1-4H3,(H,52,60)(H,55,61,62). The van der Waals surface area contributed by atoms with Crippen LogP contribution in [-0.2, 0) is 46.4 Å². The zero-order valence-electron chi connectivity index (χ0n) is 39.6. The van der Waals surface area contributed by atoms with E-state index in [-0.39, 0.29) is 67.2 Å². The number of ether oxygens (including phenoxy) is 4. The summed E-state index contributed by atoms with van der Waals surface area (Å²) in [6.45, 7) is 10.8. The molecule has 370 valence electrons. The van der Waals surface area contributed by atoms with Crippen molar-refractivity contribution < 1.29 is 47.7 Å². The lowest BCUT2D eigenvalue weighted by Crippen LogP contribution is -2.54. The number of amides is 6. The first-order chi connectivity index (χ1) is 33.3. The molecule has 22 nitrogen and oxygen atoms in total. The largest absolute Gasteiger partial charge is 0.382 e. The number of pyridine rings is 2. The Morgan fingerprint density at radius 3 is 2.26 bits per heavy atom. The maximum absolute atomic E-state index is 13.8. The minimum absolute atomic E-state index is 0.0492. The van der Waals surface area contributed by atoms with Gasteiger partial charge in [0.05, 0.1) is 88.1 Å². The van der Waals surface area contributed by atoms with Crippen molar-refractivity contribution in [3.05, 3.63) is 76.1 Å². The summed E-state index contributed by atoms with van der Waals surface area (Å²) in [5, 5.41) is 27.7. The molecule has 1 saturated heterocycles. The smallest absolute Gasteiger partial charge is 0.264 e. The van der Waals surface area contributed by atoms with Crippen molar-refractivity contribution >= 4 is 64.9 Å². The highest BCUT2D eigenvalue weighted by atomic mass is 16.6. The number of imide groups is 2. The molecule has 0 bridgehead atoms. The maximum atomic E-state index is 13.8. The average molecular weight is 955 g/mol. The molecule has 6 N–H and O–H groups in total. The Morgan fingerprint density at radius 1 is 0.884 bits per heavy atom. The molecule has 0 spiro atoms. The average Bonchev–Trinajstić information content (AvgIpc) is 3.81. The van der Waals surface area contributed by atoms with E-state index in [1.165, 1.54) is 4.90 Å². The number of piperidine rings is 1. The molecule has 0 radical (unpaired) electrons. The van der Waals surface area contributed by atoms with Gasteiger partial charge in [-0.25, -0.2) is 9.97 Å². The Labute approximate surface area is 400 Å². The molecule has 0 saturated carbocycles. The van der Waals surface area contributed by atoms with Crippen LogP contribution in [0.1, 0.15) is 88.1 Å². The molecule has 3 aromatic rings. The molecular weight excluding hydrogens is 893 g/mol. The van der Waals surface area contributed by atoms with Gasteiger partial charge in [0, 0.05) is 69.9 Å². The number of aromatic nitrogens is 2. The van der Waals surface area contributed by atoms with Gasteiger partial charge in [0.1, 0.15) is 23.4 Å². The Kier molecular flexibility index (Phi) is 18.8. The second-order valence-corrected chi connectivity index (χ2v) is 16.5. The Hall–Kier alpha value is -6.72. The third-order valence-corrected chi connectivity index (χ3v) is 11.7. The van der Waals surface area contributed by atoms with E-state index in [2.05, 4.69) is 26.3 Å². The lowest BCUT2D eigenvalue weighted by Gasteiger charge is -2.27. The Morgan fingerprint density at radius 2 is 1.58 bits per heavy atom. The number of nitrogens with one attached hydrogen (secondary N) is 6. The highest BCUT2D eigenvalue weighted by Gasteiger charge is 2.45. The molecule has 0 aliphatic carbocycles. The second kappa shape index (κ2) is 25.1. The van der Waals surface area contributed by atoms with E-state index in [9.17, 15) is 28.8 Å². The van der Waals surface area contributed by atoms with Gasteiger partial charge < -0.3 is 44.7 Å². The molecule has 1 fully saturated rings. The summed E-state index contributed by atoms with van der Waals surface area (Å²) in [4.78, 5) is 92.0. The minimum atomic E-state index is -1.03. The summed E-state index contributed by atoms with van der Waals surface area (Å²) >= 11 is 0. The number of anilines is 3. The molecule has 3 aliphatic rings. The Bertz CT molecular complexity index is 2380. The molecule has 1 atom stereocenters. The summed E-state index contributed by atoms with van der Waals surface area (Å²) in [7, 11) is 1.93. The number of carbonyl (C=O) groups is 6. The fourth-order valence-electron chi connectivity index (χ4n) is 7.73. The van der Waals surface area contributed by atoms with E-state index >= 15 is 0 Å². The summed E-state index contributed by atoms with van der Waals surface area (Å²) < 4.78 is 22.3. The number of amidine groups is 1. The summed E-state index contributed by atoms with van der Waals surface area (Å²) in [5.41, 5.74) is 3.25. The molecule has 5 heterocycles. The number of carbonyl (C=O) groups excluding carboxylic acids is 6. The van der Waals surface area contributed by atoms with Crippen LogP contribution in [0.2, 0.25) is 0 Å². The van der Waals surface area contributed by atoms with Crippen molar-refractivity contribution in [3.8, 4) is 0 Å². The van der Waals surface area contributed by atoms with Crippen molar-refractivity contribution in [2.75, 3.05) is 101 Å². The van der Waals surface area contributed by atoms with Gasteiger partial charge in [-0.3, -0.25) is 54.7 Å². The third kappa shape index (κ3) is 13.1. The van der Waals surface area contributed by atoms with Crippen LogP contribution in [-0.4, -0.2) is 166 Å². The SMILES string of the molecule is CCN(C=N)C(=N)c1cccc(N2Cc3c(cc(N(C)C(C)C)nc3CNCCNC(=O)CCOCCOCCOCCOCCNc3cccc4c3C(=O)N(C3CCC(=O)NC3=O)C4=O)C2=O)n1. The number of fused-ring (bicyclic) bond motifs is 2. The van der Waals surface area contributed by atoms with Gasteiger partial charge >= 0.3 is 0 Å². The van der Waals surface area contributed by atoms with Crippen LogP contribution in [0, 0.1) is 10.8 Å². The molecule has 69 heavy (non-hydrogen) atoms. The van der Waals surface area contributed by atoms with Crippen molar-refractivity contribution in [3.63, 3.8) is 0 Å². The molecule has 3 aliphatic heterocycles. The fourth-order valence-corrected chi connectivity index (χ4v) is 7.73. The lowest BCUT2D eigenvalue weighted by atomic mass is 10.0. The minimum Gasteiger partial charge on any atom is -0.382 e. The number of hydrogen-bond donors (Lipinski definition) is 6. The van der Waals surface area contributed by atoms with Gasteiger partial charge in [-0.2, -0.15) is 0 Å². The first kappa shape index (κ1) is 51.7. The number of benzene rings is 1. The Balaban J connectivity index is 0.800. The van der Waals surface area contributed by atoms with E-state index in [4.69, 9.17) is 34.7 Å². The van der Waals surface area contributed by atoms with Gasteiger partial charge in [-0.15, -0.1) is 0 Å². The monoisotopic (exact) mass is 954 g/mol. The van der Waals surface area contributed by atoms with Gasteiger partial charge in [0.25, 0.3) is 17.7 Å². The third-order valence-electron chi connectivity index (χ3n) is 11.7. The van der Waals surface area contributed by atoms with Gasteiger partial charge in [-0.1, -0.05) is 12.1 Å². The second-order valence-electron chi connectivity index (χ2n) is 16.5. The zero-order chi connectivity index (χ0) is 49.5. The number of hydrogen-bond acceptors (Lipinski definition) is 17. The predicted molar refractivity (Wildman–Crippen MR) is 255 cm³/mol. The summed E-state index contributed by atoms with van der Waals surface area (Å²) in [6, 6.07) is 11.0. The van der Waals surface area contributed by atoms with Crippen LogP contribution in [0.3, 0.4) is 0 Å². The highest BCUT2D eigenvalue weighted by molar-refractivity contribution is 6.25. The van der Waals surface area contributed by atoms with Gasteiger partial charge in [-0.05, 0) is 57.5 Å². The van der Waals surface area contributed by atoms with Crippen molar-refractivity contribution in [1.29, 1.82) is 10.8 Å². The van der Waals surface area contributed by atoms with E-state index in [1.807, 2.05) is 38.8 Å². The van der Waals surface area contributed by atoms with Crippen molar-refractivity contribution in [2.24, 2.45) is 0 Å². The van der Waals surface area contributed by atoms with Crippen LogP contribution in [0.25, 0.3) is 0 Å². The molecule has 2 aromatic heterocycles. The molecular formula is C47H62N12O10. The first-order valence-corrected chi connectivity index (χ1v) is 23.1. The maximum Gasteiger partial charge on any atom is 0.264 e. The fraction of sp³-hybridized carbons (Fsp3) is 0.489. The van der Waals surface area contributed by atoms with Crippen LogP contribution in [0.4, 0.5) is 17.3 Å². The molecule has 6 amide bonds. The van der Waals surface area contributed by atoms with Crippen LogP contribution < -0.4 is 31.1 Å². The zero-order valence-corrected chi connectivity index (χ0v) is 39.6. The quantitative estimate of drug-likeness (QED) is 0.0263. The summed E-state index contributed by atoms with van der Waals surface area (Å²) in [5.74, 6) is -1.44. The lowest BCUT2D eigenvalue weighted by molar-refractivity contribution is -0.136. The van der Waals surface area contributed by atoms with E-state index in [0.29, 0.717) is 108 Å². The van der Waals surface area contributed by atoms with Gasteiger partial charge in [0.2, 0.25) is 17.7 Å². The molecule has 1 unspecified atom stereocenters. The van der Waals surface area contributed by atoms with Crippen LogP contribution in [0.5, 0.6) is 0 Å². The van der Waals surface area contributed by atoms with E-state index in [1.54, 1.807) is 41.3 Å². The topological polar surface area (TPSA) is 274 Å². The van der Waals surface area contributed by atoms with Crippen LogP contribution in [0.15, 0.2) is 42.5 Å². The van der Waals surface area contributed by atoms with Crippen LogP contribution >= 0.6 is 0 Å². The first-order valence-electron chi connectivity index (χ1n) is 23.1. The molecule has 1 aromatic carbocycles. The molecule has 6 rings (SSSR count). The number of rotatable bonds is 28. The number of nitrogens with zero attached hydrogens (tertiary/aromatic N) is 6. The highest BCUT2D eigenvalue weighted by Crippen LogP contribution is 2.34. The van der Waals surface area contributed by atoms with Crippen molar-refractivity contribution in [1.82, 2.24) is 35.7 Å². The van der Waals surface area contributed by atoms with Gasteiger partial charge in [0.15, 0.2) is 5.84 Å². The summed E-state index contributed by atoms with van der Waals surface area (Å²) in [6.07, 6.45) is 1.41. The molecule has 22 heteroatoms. The van der Waals surface area contributed by atoms with Crippen molar-refractivity contribution in [2.45, 2.75) is 65.2 Å². The normalized spacial score (nSPS) is 15.4. The van der Waals surface area contributed by atoms with E-state index < -0.39 is 29.7 Å². The predicted octanol–water partition coefficient (Wildman–Crippen LogP) is 1.91.